The number of thiazole rings is 1. The van der Waals surface area contributed by atoms with Gasteiger partial charge in [0.1, 0.15) is 0 Å². The van der Waals surface area contributed by atoms with Crippen LogP contribution in [0.25, 0.3) is 16.9 Å². The molecule has 1 amide bonds. The highest BCUT2D eigenvalue weighted by molar-refractivity contribution is 7.09. The van der Waals surface area contributed by atoms with E-state index in [0.717, 1.165) is 46.6 Å². The Labute approximate surface area is 198 Å². The number of nitrogens with zero attached hydrogens (tertiary/aromatic N) is 1. The summed E-state index contributed by atoms with van der Waals surface area (Å²) in [6.45, 7) is 4.61. The molecule has 0 aliphatic rings. The fourth-order valence-corrected chi connectivity index (χ4v) is 4.80. The van der Waals surface area contributed by atoms with Crippen LogP contribution in [0, 0.1) is 13.8 Å². The molecule has 4 aromatic rings. The number of carbonyl (C=O) groups excluding carboxylic acids is 1. The smallest absolute Gasteiger partial charge is 0.312 e. The zero-order valence-electron chi connectivity index (χ0n) is 19.0. The number of aryl methyl sites for hydroxylation is 3. The van der Waals surface area contributed by atoms with Gasteiger partial charge in [0.2, 0.25) is 0 Å². The van der Waals surface area contributed by atoms with Crippen LogP contribution in [0.3, 0.4) is 0 Å². The maximum Gasteiger partial charge on any atom is 0.312 e. The second-order valence-corrected chi connectivity index (χ2v) is 9.39. The summed E-state index contributed by atoms with van der Waals surface area (Å²) in [5, 5.41) is 3.03. The second-order valence-electron chi connectivity index (χ2n) is 8.22. The van der Waals surface area contributed by atoms with Crippen molar-refractivity contribution in [2.24, 2.45) is 0 Å². The van der Waals surface area contributed by atoms with Gasteiger partial charge in [-0.1, -0.05) is 71.5 Å². The predicted molar refractivity (Wildman–Crippen MR) is 137 cm³/mol. The maximum atomic E-state index is 12.8. The lowest BCUT2D eigenvalue weighted by Crippen LogP contribution is -2.24. The Morgan fingerprint density at radius 1 is 0.909 bits per heavy atom. The number of rotatable bonds is 8. The highest BCUT2D eigenvalue weighted by atomic mass is 32.1. The molecule has 0 saturated carbocycles. The number of unbranched alkanes of at least 4 members (excludes halogenated alkanes) is 1. The Balaban J connectivity index is 1.46. The van der Waals surface area contributed by atoms with Crippen LogP contribution in [0.15, 0.2) is 83.7 Å². The number of hydrogen-bond acceptors (Lipinski definition) is 3. The molecule has 3 aromatic carbocycles. The van der Waals surface area contributed by atoms with Crippen molar-refractivity contribution >= 4 is 17.2 Å². The van der Waals surface area contributed by atoms with Gasteiger partial charge >= 0.3 is 4.87 Å². The molecule has 0 saturated heterocycles. The van der Waals surface area contributed by atoms with E-state index in [-0.39, 0.29) is 10.8 Å². The molecular weight excluding hydrogens is 428 g/mol. The molecule has 0 aliphatic heterocycles. The van der Waals surface area contributed by atoms with Gasteiger partial charge in [-0.25, -0.2) is 0 Å². The first kappa shape index (κ1) is 22.7. The van der Waals surface area contributed by atoms with Crippen LogP contribution in [0.5, 0.6) is 0 Å². The van der Waals surface area contributed by atoms with Gasteiger partial charge in [-0.2, -0.15) is 0 Å². The summed E-state index contributed by atoms with van der Waals surface area (Å²) in [5.41, 5.74) is 5.60. The molecule has 33 heavy (non-hydrogen) atoms. The van der Waals surface area contributed by atoms with Crippen molar-refractivity contribution in [3.05, 3.63) is 110 Å². The van der Waals surface area contributed by atoms with E-state index < -0.39 is 0 Å². The van der Waals surface area contributed by atoms with Gasteiger partial charge in [-0.05, 0) is 62.9 Å². The lowest BCUT2D eigenvalue weighted by molar-refractivity contribution is 0.0953. The SMILES string of the molecule is Cc1ccc(-n2c(-c3cccc(C(=O)NCCCCc4ccccc4)c3)c(C)sc2=O)cc1. The van der Waals surface area contributed by atoms with Gasteiger partial charge in [0, 0.05) is 22.5 Å². The van der Waals surface area contributed by atoms with Crippen LogP contribution < -0.4 is 10.2 Å². The summed E-state index contributed by atoms with van der Waals surface area (Å²) in [6.07, 6.45) is 2.97. The molecule has 1 N–H and O–H groups in total. The zero-order valence-corrected chi connectivity index (χ0v) is 19.8. The van der Waals surface area contributed by atoms with Crippen molar-refractivity contribution in [1.82, 2.24) is 9.88 Å². The minimum atomic E-state index is -0.0892. The fraction of sp³-hybridized carbons (Fsp3) is 0.214. The molecule has 0 radical (unpaired) electrons. The molecule has 0 bridgehead atoms. The van der Waals surface area contributed by atoms with Gasteiger partial charge < -0.3 is 5.32 Å². The third kappa shape index (κ3) is 5.49. The minimum Gasteiger partial charge on any atom is -0.352 e. The Kier molecular flexibility index (Phi) is 7.20. The van der Waals surface area contributed by atoms with Gasteiger partial charge in [0.25, 0.3) is 5.91 Å². The minimum absolute atomic E-state index is 0.0281. The van der Waals surface area contributed by atoms with Crippen molar-refractivity contribution in [2.75, 3.05) is 6.54 Å². The summed E-state index contributed by atoms with van der Waals surface area (Å²) in [6, 6.07) is 25.8. The lowest BCUT2D eigenvalue weighted by Gasteiger charge is -2.11. The van der Waals surface area contributed by atoms with E-state index in [4.69, 9.17) is 0 Å². The van der Waals surface area contributed by atoms with E-state index in [9.17, 15) is 9.59 Å². The largest absolute Gasteiger partial charge is 0.352 e. The molecular formula is C28H28N2O2S. The van der Waals surface area contributed by atoms with Crippen LogP contribution in [0.2, 0.25) is 0 Å². The van der Waals surface area contributed by atoms with Crippen molar-refractivity contribution in [1.29, 1.82) is 0 Å². The average molecular weight is 457 g/mol. The summed E-state index contributed by atoms with van der Waals surface area (Å²) in [7, 11) is 0. The number of carbonyl (C=O) groups is 1. The number of amides is 1. The van der Waals surface area contributed by atoms with E-state index >= 15 is 0 Å². The molecule has 0 aliphatic carbocycles. The third-order valence-corrected chi connectivity index (χ3v) is 6.55. The Hall–Kier alpha value is -3.44. The van der Waals surface area contributed by atoms with Gasteiger partial charge in [0.05, 0.1) is 11.4 Å². The van der Waals surface area contributed by atoms with Crippen LogP contribution in [0.4, 0.5) is 0 Å². The van der Waals surface area contributed by atoms with E-state index in [1.807, 2.05) is 68.4 Å². The quantitative estimate of drug-likeness (QED) is 0.334. The summed E-state index contributed by atoms with van der Waals surface area (Å²) in [5.74, 6) is -0.0892. The summed E-state index contributed by atoms with van der Waals surface area (Å²) >= 11 is 1.23. The molecule has 168 valence electrons. The van der Waals surface area contributed by atoms with Gasteiger partial charge in [-0.3, -0.25) is 14.2 Å². The molecule has 0 spiro atoms. The highest BCUT2D eigenvalue weighted by Crippen LogP contribution is 2.28. The zero-order chi connectivity index (χ0) is 23.2. The third-order valence-electron chi connectivity index (χ3n) is 5.69. The van der Waals surface area contributed by atoms with Crippen molar-refractivity contribution in [3.8, 4) is 16.9 Å². The Bertz CT molecular complexity index is 1290. The average Bonchev–Trinajstić information content (AvgIpc) is 3.13. The number of nitrogens with one attached hydrogen (secondary N) is 1. The molecule has 4 nitrogen and oxygen atoms in total. The van der Waals surface area contributed by atoms with E-state index in [1.165, 1.54) is 16.9 Å². The van der Waals surface area contributed by atoms with Gasteiger partial charge in [-0.15, -0.1) is 0 Å². The second kappa shape index (κ2) is 10.5. The number of benzene rings is 3. The van der Waals surface area contributed by atoms with Crippen molar-refractivity contribution in [2.45, 2.75) is 33.1 Å². The van der Waals surface area contributed by atoms with E-state index in [0.29, 0.717) is 12.1 Å². The Morgan fingerprint density at radius 3 is 2.42 bits per heavy atom. The maximum absolute atomic E-state index is 12.8. The molecule has 1 aromatic heterocycles. The highest BCUT2D eigenvalue weighted by Gasteiger charge is 2.17. The first-order chi connectivity index (χ1) is 16.0. The predicted octanol–water partition coefficient (Wildman–Crippen LogP) is 5.94. The molecule has 0 unspecified atom stereocenters. The molecule has 5 heteroatoms. The van der Waals surface area contributed by atoms with Crippen LogP contribution in [-0.4, -0.2) is 17.0 Å². The number of hydrogen-bond donors (Lipinski definition) is 1. The molecule has 4 rings (SSSR count). The normalized spacial score (nSPS) is 10.8. The monoisotopic (exact) mass is 456 g/mol. The lowest BCUT2D eigenvalue weighted by atomic mass is 10.1. The molecule has 1 heterocycles. The molecule has 0 fully saturated rings. The Morgan fingerprint density at radius 2 is 1.67 bits per heavy atom. The number of aromatic nitrogens is 1. The van der Waals surface area contributed by atoms with Crippen LogP contribution >= 0.6 is 11.3 Å². The van der Waals surface area contributed by atoms with Gasteiger partial charge in [0.15, 0.2) is 0 Å². The summed E-state index contributed by atoms with van der Waals surface area (Å²) < 4.78 is 1.74. The van der Waals surface area contributed by atoms with Crippen molar-refractivity contribution < 1.29 is 4.79 Å². The fourth-order valence-electron chi connectivity index (χ4n) is 3.94. The topological polar surface area (TPSA) is 51.1 Å². The van der Waals surface area contributed by atoms with E-state index in [2.05, 4.69) is 29.6 Å². The molecule has 0 atom stereocenters. The van der Waals surface area contributed by atoms with Crippen molar-refractivity contribution in [3.63, 3.8) is 0 Å². The first-order valence-corrected chi connectivity index (χ1v) is 12.1. The van der Waals surface area contributed by atoms with Crippen LogP contribution in [-0.2, 0) is 6.42 Å². The van der Waals surface area contributed by atoms with Crippen LogP contribution in [0.1, 0.15) is 39.2 Å². The summed E-state index contributed by atoms with van der Waals surface area (Å²) in [4.78, 5) is 26.4. The van der Waals surface area contributed by atoms with E-state index in [1.54, 1.807) is 4.57 Å². The first-order valence-electron chi connectivity index (χ1n) is 11.2. The standard InChI is InChI=1S/C28H28N2O2S/c1-20-14-16-25(17-15-20)30-26(21(2)33-28(30)32)23-12-8-13-24(19-23)27(31)29-18-7-6-11-22-9-4-3-5-10-22/h3-5,8-10,12-17,19H,6-7,11,18H2,1-2H3,(H,29,31).